The van der Waals surface area contributed by atoms with Gasteiger partial charge in [-0.25, -0.2) is 10.3 Å². The summed E-state index contributed by atoms with van der Waals surface area (Å²) in [5.74, 6) is 2.40. The van der Waals surface area contributed by atoms with Crippen LogP contribution in [-0.2, 0) is 19.8 Å². The molecule has 5 nitrogen and oxygen atoms in total. The van der Waals surface area contributed by atoms with Crippen molar-refractivity contribution in [2.24, 2.45) is 17.8 Å². The van der Waals surface area contributed by atoms with E-state index >= 15 is 0 Å². The lowest BCUT2D eigenvalue weighted by molar-refractivity contribution is -0.304. The van der Waals surface area contributed by atoms with Crippen LogP contribution in [0.4, 0.5) is 0 Å². The van der Waals surface area contributed by atoms with Gasteiger partial charge in [0.25, 0.3) is 0 Å². The first-order chi connectivity index (χ1) is 14.9. The summed E-state index contributed by atoms with van der Waals surface area (Å²) in [6.45, 7) is 4.27. The molecule has 170 valence electrons. The van der Waals surface area contributed by atoms with Crippen LogP contribution in [0, 0.1) is 17.8 Å². The summed E-state index contributed by atoms with van der Waals surface area (Å²) >= 11 is 3.72. The number of benzene rings is 1. The normalized spacial score (nSPS) is 38.8. The maximum absolute atomic E-state index is 11.8. The van der Waals surface area contributed by atoms with E-state index in [4.69, 9.17) is 14.3 Å². The summed E-state index contributed by atoms with van der Waals surface area (Å²) in [7, 11) is 0. The zero-order chi connectivity index (χ0) is 21.6. The third kappa shape index (κ3) is 4.16. The molecule has 6 rings (SSSR count). The number of halogens is 1. The van der Waals surface area contributed by atoms with Crippen LogP contribution in [0.25, 0.3) is 0 Å². The largest absolute Gasteiger partial charge is 0.484 e. The van der Waals surface area contributed by atoms with Crippen molar-refractivity contribution in [1.82, 2.24) is 5.48 Å². The number of hydrogen-bond donors (Lipinski definition) is 1. The Morgan fingerprint density at radius 2 is 1.87 bits per heavy atom. The molecule has 1 aromatic rings. The highest BCUT2D eigenvalue weighted by Crippen LogP contribution is 2.62. The van der Waals surface area contributed by atoms with Gasteiger partial charge < -0.3 is 9.47 Å². The molecule has 31 heavy (non-hydrogen) atoms. The van der Waals surface area contributed by atoms with E-state index in [-0.39, 0.29) is 17.4 Å². The standard InChI is InChI=1S/C25H34BrNO4/c1-3-23(28)27-31-24(2)22(5-4-8-29-24)30-21-7-6-19(26)12-20(21)25-13-16-9-17(14-25)11-18(10-16)15-25/h6-7,12,16-18,22H,3-5,8-11,13-15H2,1-2H3,(H,27,28). The molecular weight excluding hydrogens is 458 g/mol. The fourth-order valence-corrected chi connectivity index (χ4v) is 7.36. The summed E-state index contributed by atoms with van der Waals surface area (Å²) < 4.78 is 13.8. The summed E-state index contributed by atoms with van der Waals surface area (Å²) in [6, 6.07) is 6.47. The fourth-order valence-electron chi connectivity index (χ4n) is 7.00. The van der Waals surface area contributed by atoms with Crippen molar-refractivity contribution in [3.63, 3.8) is 0 Å². The van der Waals surface area contributed by atoms with Crippen molar-refractivity contribution in [2.45, 2.75) is 88.9 Å². The Bertz CT molecular complexity index is 808. The van der Waals surface area contributed by atoms with Crippen LogP contribution in [0.2, 0.25) is 0 Å². The Balaban J connectivity index is 1.42. The molecule has 2 atom stereocenters. The Morgan fingerprint density at radius 3 is 2.52 bits per heavy atom. The molecule has 2 unspecified atom stereocenters. The van der Waals surface area contributed by atoms with Gasteiger partial charge in [-0.3, -0.25) is 4.79 Å². The molecule has 4 saturated carbocycles. The number of hydrogen-bond acceptors (Lipinski definition) is 4. The van der Waals surface area contributed by atoms with Gasteiger partial charge >= 0.3 is 0 Å². The molecule has 0 spiro atoms. The van der Waals surface area contributed by atoms with Crippen LogP contribution in [0.1, 0.15) is 77.2 Å². The molecule has 1 saturated heterocycles. The molecule has 1 N–H and O–H groups in total. The first-order valence-corrected chi connectivity index (χ1v) is 12.8. The maximum Gasteiger partial charge on any atom is 0.243 e. The predicted octanol–water partition coefficient (Wildman–Crippen LogP) is 5.65. The second-order valence-electron chi connectivity index (χ2n) is 10.4. The second kappa shape index (κ2) is 8.35. The van der Waals surface area contributed by atoms with E-state index in [0.29, 0.717) is 13.0 Å². The van der Waals surface area contributed by atoms with E-state index in [9.17, 15) is 4.79 Å². The van der Waals surface area contributed by atoms with E-state index in [1.54, 1.807) is 6.92 Å². The SMILES string of the molecule is CCC(=O)NOC1(C)OCCCC1Oc1ccc(Br)cc1C12CC3CC(CC(C3)C1)C2. The molecule has 1 aromatic carbocycles. The lowest BCUT2D eigenvalue weighted by atomic mass is 9.48. The van der Waals surface area contributed by atoms with Crippen molar-refractivity contribution in [3.05, 3.63) is 28.2 Å². The quantitative estimate of drug-likeness (QED) is 0.522. The van der Waals surface area contributed by atoms with Gasteiger partial charge in [0, 0.05) is 16.5 Å². The number of carbonyl (C=O) groups is 1. The summed E-state index contributed by atoms with van der Waals surface area (Å²) in [6.07, 6.45) is 9.93. The first kappa shape index (κ1) is 21.7. The minimum absolute atomic E-state index is 0.160. The number of amides is 1. The van der Waals surface area contributed by atoms with Crippen LogP contribution >= 0.6 is 15.9 Å². The van der Waals surface area contributed by atoms with E-state index in [2.05, 4.69) is 39.6 Å². The molecular formula is C25H34BrNO4. The number of carbonyl (C=O) groups excluding carboxylic acids is 1. The van der Waals surface area contributed by atoms with Gasteiger partial charge in [-0.1, -0.05) is 22.9 Å². The van der Waals surface area contributed by atoms with E-state index in [1.807, 2.05) is 6.92 Å². The lowest BCUT2D eigenvalue weighted by Gasteiger charge is -2.57. The van der Waals surface area contributed by atoms with E-state index < -0.39 is 5.79 Å². The van der Waals surface area contributed by atoms with Crippen molar-refractivity contribution in [3.8, 4) is 5.75 Å². The fraction of sp³-hybridized carbons (Fsp3) is 0.720. The Hall–Kier alpha value is -1.11. The van der Waals surface area contributed by atoms with Crippen LogP contribution in [0.5, 0.6) is 5.75 Å². The molecule has 0 radical (unpaired) electrons. The van der Waals surface area contributed by atoms with Crippen molar-refractivity contribution in [2.75, 3.05) is 6.61 Å². The van der Waals surface area contributed by atoms with E-state index in [1.165, 1.54) is 44.1 Å². The number of rotatable bonds is 6. The Morgan fingerprint density at radius 1 is 1.19 bits per heavy atom. The molecule has 4 aliphatic carbocycles. The third-order valence-corrected chi connectivity index (χ3v) is 8.59. The molecule has 4 bridgehead atoms. The van der Waals surface area contributed by atoms with Gasteiger partial charge in [-0.15, -0.1) is 0 Å². The number of hydroxylamine groups is 1. The lowest BCUT2D eigenvalue weighted by Crippen LogP contribution is -2.54. The van der Waals surface area contributed by atoms with Crippen LogP contribution < -0.4 is 10.2 Å². The monoisotopic (exact) mass is 491 g/mol. The van der Waals surface area contributed by atoms with E-state index in [0.717, 1.165) is 40.8 Å². The second-order valence-corrected chi connectivity index (χ2v) is 11.3. The van der Waals surface area contributed by atoms with Crippen LogP contribution in [0.3, 0.4) is 0 Å². The summed E-state index contributed by atoms with van der Waals surface area (Å²) in [4.78, 5) is 17.5. The summed E-state index contributed by atoms with van der Waals surface area (Å²) in [5.41, 5.74) is 4.13. The average molecular weight is 492 g/mol. The smallest absolute Gasteiger partial charge is 0.243 e. The average Bonchev–Trinajstić information content (AvgIpc) is 2.74. The predicted molar refractivity (Wildman–Crippen MR) is 122 cm³/mol. The Labute approximate surface area is 193 Å². The highest BCUT2D eigenvalue weighted by molar-refractivity contribution is 9.10. The number of nitrogens with one attached hydrogen (secondary N) is 1. The molecule has 0 aromatic heterocycles. The van der Waals surface area contributed by atoms with Gasteiger partial charge in [0.15, 0.2) is 6.10 Å². The molecule has 1 amide bonds. The molecule has 1 aliphatic heterocycles. The van der Waals surface area contributed by atoms with Crippen LogP contribution in [-0.4, -0.2) is 24.4 Å². The first-order valence-electron chi connectivity index (χ1n) is 12.0. The zero-order valence-corrected chi connectivity index (χ0v) is 20.2. The van der Waals surface area contributed by atoms with Crippen LogP contribution in [0.15, 0.2) is 22.7 Å². The minimum Gasteiger partial charge on any atom is -0.484 e. The van der Waals surface area contributed by atoms with Gasteiger partial charge in [0.1, 0.15) is 5.75 Å². The number of ether oxygens (including phenoxy) is 2. The minimum atomic E-state index is -1.01. The van der Waals surface area contributed by atoms with Gasteiger partial charge in [-0.2, -0.15) is 0 Å². The third-order valence-electron chi connectivity index (χ3n) is 8.09. The molecule has 1 heterocycles. The molecule has 5 fully saturated rings. The van der Waals surface area contributed by atoms with Crippen molar-refractivity contribution in [1.29, 1.82) is 0 Å². The zero-order valence-electron chi connectivity index (χ0n) is 18.6. The van der Waals surface area contributed by atoms with Crippen molar-refractivity contribution >= 4 is 21.8 Å². The van der Waals surface area contributed by atoms with Gasteiger partial charge in [-0.05, 0) is 99.7 Å². The summed E-state index contributed by atoms with van der Waals surface area (Å²) in [5, 5.41) is 0. The molecule has 6 heteroatoms. The Kier molecular flexibility index (Phi) is 5.85. The molecule has 5 aliphatic rings. The highest BCUT2D eigenvalue weighted by Gasteiger charge is 2.53. The van der Waals surface area contributed by atoms with Gasteiger partial charge in [0.2, 0.25) is 11.7 Å². The van der Waals surface area contributed by atoms with Gasteiger partial charge in [0.05, 0.1) is 6.61 Å². The maximum atomic E-state index is 11.8. The topological polar surface area (TPSA) is 56.8 Å². The van der Waals surface area contributed by atoms with Crippen molar-refractivity contribution < 1.29 is 19.1 Å². The highest BCUT2D eigenvalue weighted by atomic mass is 79.9.